The predicted molar refractivity (Wildman–Crippen MR) is 73.8 cm³/mol. The van der Waals surface area contributed by atoms with E-state index in [-0.39, 0.29) is 17.8 Å². The van der Waals surface area contributed by atoms with Crippen LogP contribution in [0.25, 0.3) is 0 Å². The quantitative estimate of drug-likeness (QED) is 0.684. The van der Waals surface area contributed by atoms with Crippen LogP contribution in [0, 0.1) is 0 Å². The van der Waals surface area contributed by atoms with E-state index < -0.39 is 9.84 Å². The van der Waals surface area contributed by atoms with E-state index in [0.717, 1.165) is 19.4 Å². The first-order chi connectivity index (χ1) is 9.05. The van der Waals surface area contributed by atoms with Gasteiger partial charge < -0.3 is 9.47 Å². The molecule has 19 heavy (non-hydrogen) atoms. The fourth-order valence-electron chi connectivity index (χ4n) is 2.66. The minimum absolute atomic E-state index is 0.156. The number of sulfone groups is 1. The third-order valence-corrected chi connectivity index (χ3v) is 5.49. The third kappa shape index (κ3) is 5.38. The molecule has 0 aromatic carbocycles. The molecule has 0 amide bonds. The van der Waals surface area contributed by atoms with Crippen molar-refractivity contribution < 1.29 is 17.9 Å². The zero-order chi connectivity index (χ0) is 13.7. The van der Waals surface area contributed by atoms with E-state index in [9.17, 15) is 8.42 Å². The Balaban J connectivity index is 1.56. The van der Waals surface area contributed by atoms with Crippen molar-refractivity contribution in [2.45, 2.75) is 45.0 Å². The summed E-state index contributed by atoms with van der Waals surface area (Å²) < 4.78 is 34.0. The highest BCUT2D eigenvalue weighted by Gasteiger charge is 2.22. The van der Waals surface area contributed by atoms with Gasteiger partial charge in [-0.3, -0.25) is 4.90 Å². The molecule has 0 aromatic heterocycles. The van der Waals surface area contributed by atoms with E-state index in [2.05, 4.69) is 4.90 Å². The largest absolute Gasteiger partial charge is 0.352 e. The van der Waals surface area contributed by atoms with Gasteiger partial charge in [0.2, 0.25) is 0 Å². The van der Waals surface area contributed by atoms with Gasteiger partial charge in [0.25, 0.3) is 0 Å². The average Bonchev–Trinajstić information content (AvgIpc) is 2.84. The van der Waals surface area contributed by atoms with Crippen LogP contribution in [0.2, 0.25) is 0 Å². The van der Waals surface area contributed by atoms with E-state index in [1.165, 1.54) is 12.8 Å². The number of nitrogens with zero attached hydrogens (tertiary/aromatic N) is 1. The van der Waals surface area contributed by atoms with E-state index in [0.29, 0.717) is 25.8 Å². The molecule has 1 atom stereocenters. The zero-order valence-corrected chi connectivity index (χ0v) is 12.5. The Kier molecular flexibility index (Phi) is 5.62. The summed E-state index contributed by atoms with van der Waals surface area (Å²) in [7, 11) is -2.78. The van der Waals surface area contributed by atoms with Crippen molar-refractivity contribution in [3.63, 3.8) is 0 Å². The minimum Gasteiger partial charge on any atom is -0.352 e. The van der Waals surface area contributed by atoms with Crippen LogP contribution in [0.4, 0.5) is 0 Å². The predicted octanol–water partition coefficient (Wildman–Crippen LogP) is 1.04. The maximum Gasteiger partial charge on any atom is 0.155 e. The number of rotatable bonds is 6. The lowest BCUT2D eigenvalue weighted by atomic mass is 10.3. The van der Waals surface area contributed by atoms with Gasteiger partial charge in [-0.05, 0) is 19.8 Å². The molecular formula is C13H25NO4S. The molecule has 6 heteroatoms. The Morgan fingerprint density at radius 1 is 1.21 bits per heavy atom. The lowest BCUT2D eigenvalue weighted by molar-refractivity contribution is -0.159. The van der Waals surface area contributed by atoms with Crippen molar-refractivity contribution in [2.75, 3.05) is 37.7 Å². The SMILES string of the molecule is CC(OCCN1CCS(=O)(=O)CC1)OC1CCCC1. The van der Waals surface area contributed by atoms with Crippen LogP contribution < -0.4 is 0 Å². The summed E-state index contributed by atoms with van der Waals surface area (Å²) in [6, 6.07) is 0. The summed E-state index contributed by atoms with van der Waals surface area (Å²) in [5.41, 5.74) is 0. The molecule has 2 fully saturated rings. The molecule has 5 nitrogen and oxygen atoms in total. The topological polar surface area (TPSA) is 55.8 Å². The van der Waals surface area contributed by atoms with Crippen LogP contribution in [0.15, 0.2) is 0 Å². The standard InChI is InChI=1S/C13H25NO4S/c1-12(18-13-4-2-3-5-13)17-9-6-14-7-10-19(15,16)11-8-14/h12-13H,2-11H2,1H3. The minimum atomic E-state index is -2.78. The van der Waals surface area contributed by atoms with Gasteiger partial charge in [-0.25, -0.2) is 8.42 Å². The van der Waals surface area contributed by atoms with Crippen molar-refractivity contribution in [1.29, 1.82) is 0 Å². The maximum absolute atomic E-state index is 11.3. The van der Waals surface area contributed by atoms with Crippen molar-refractivity contribution in [3.8, 4) is 0 Å². The molecule has 0 spiro atoms. The highest BCUT2D eigenvalue weighted by atomic mass is 32.2. The Bertz CT molecular complexity index is 351. The highest BCUT2D eigenvalue weighted by Crippen LogP contribution is 2.22. The van der Waals surface area contributed by atoms with E-state index >= 15 is 0 Å². The lowest BCUT2D eigenvalue weighted by Crippen LogP contribution is -2.42. The lowest BCUT2D eigenvalue weighted by Gasteiger charge is -2.27. The molecule has 1 unspecified atom stereocenters. The molecule has 0 radical (unpaired) electrons. The first kappa shape index (κ1) is 15.2. The Morgan fingerprint density at radius 3 is 2.47 bits per heavy atom. The Hall–Kier alpha value is -0.170. The van der Waals surface area contributed by atoms with Crippen molar-refractivity contribution in [3.05, 3.63) is 0 Å². The summed E-state index contributed by atoms with van der Waals surface area (Å²) >= 11 is 0. The summed E-state index contributed by atoms with van der Waals surface area (Å²) in [5.74, 6) is 0.558. The van der Waals surface area contributed by atoms with Crippen LogP contribution in [-0.2, 0) is 19.3 Å². The van der Waals surface area contributed by atoms with Crippen LogP contribution in [0.5, 0.6) is 0 Å². The smallest absolute Gasteiger partial charge is 0.155 e. The molecule has 2 rings (SSSR count). The van der Waals surface area contributed by atoms with Gasteiger partial charge in [0, 0.05) is 19.6 Å². The van der Waals surface area contributed by atoms with Gasteiger partial charge in [0.15, 0.2) is 16.1 Å². The van der Waals surface area contributed by atoms with Crippen molar-refractivity contribution in [1.82, 2.24) is 4.90 Å². The summed E-state index contributed by atoms with van der Waals surface area (Å²) in [6.07, 6.45) is 5.04. The Labute approximate surface area is 116 Å². The van der Waals surface area contributed by atoms with E-state index in [1.54, 1.807) is 0 Å². The first-order valence-electron chi connectivity index (χ1n) is 7.25. The average molecular weight is 291 g/mol. The van der Waals surface area contributed by atoms with Gasteiger partial charge in [0.1, 0.15) is 0 Å². The number of hydrogen-bond donors (Lipinski definition) is 0. The van der Waals surface area contributed by atoms with Gasteiger partial charge in [-0.2, -0.15) is 0 Å². The molecule has 1 saturated heterocycles. The molecule has 2 aliphatic rings. The zero-order valence-electron chi connectivity index (χ0n) is 11.7. The van der Waals surface area contributed by atoms with Gasteiger partial charge in [-0.15, -0.1) is 0 Å². The van der Waals surface area contributed by atoms with E-state index in [1.807, 2.05) is 6.92 Å². The number of ether oxygens (including phenoxy) is 2. The van der Waals surface area contributed by atoms with Gasteiger partial charge >= 0.3 is 0 Å². The molecule has 1 saturated carbocycles. The monoisotopic (exact) mass is 291 g/mol. The summed E-state index contributed by atoms with van der Waals surface area (Å²) in [6.45, 7) is 4.59. The fourth-order valence-corrected chi connectivity index (χ4v) is 3.93. The molecular weight excluding hydrogens is 266 g/mol. The highest BCUT2D eigenvalue weighted by molar-refractivity contribution is 7.91. The second-order valence-electron chi connectivity index (χ2n) is 5.47. The van der Waals surface area contributed by atoms with Crippen LogP contribution in [-0.4, -0.2) is 63.5 Å². The van der Waals surface area contributed by atoms with Crippen LogP contribution >= 0.6 is 0 Å². The molecule has 1 aliphatic carbocycles. The number of hydrogen-bond acceptors (Lipinski definition) is 5. The summed E-state index contributed by atoms with van der Waals surface area (Å²) in [4.78, 5) is 2.14. The molecule has 1 heterocycles. The molecule has 112 valence electrons. The van der Waals surface area contributed by atoms with Crippen LogP contribution in [0.3, 0.4) is 0 Å². The third-order valence-electron chi connectivity index (χ3n) is 3.88. The van der Waals surface area contributed by atoms with Gasteiger partial charge in [-0.1, -0.05) is 12.8 Å². The molecule has 1 aliphatic heterocycles. The first-order valence-corrected chi connectivity index (χ1v) is 9.07. The van der Waals surface area contributed by atoms with Crippen molar-refractivity contribution in [2.24, 2.45) is 0 Å². The molecule has 0 N–H and O–H groups in total. The second kappa shape index (κ2) is 7.02. The summed E-state index contributed by atoms with van der Waals surface area (Å²) in [5, 5.41) is 0. The normalized spacial score (nSPS) is 26.6. The fraction of sp³-hybridized carbons (Fsp3) is 1.00. The van der Waals surface area contributed by atoms with Crippen LogP contribution in [0.1, 0.15) is 32.6 Å². The molecule has 0 bridgehead atoms. The maximum atomic E-state index is 11.3. The van der Waals surface area contributed by atoms with Gasteiger partial charge in [0.05, 0.1) is 24.2 Å². The Morgan fingerprint density at radius 2 is 1.84 bits per heavy atom. The molecule has 0 aromatic rings. The van der Waals surface area contributed by atoms with E-state index in [4.69, 9.17) is 9.47 Å². The van der Waals surface area contributed by atoms with Crippen molar-refractivity contribution >= 4 is 9.84 Å². The second-order valence-corrected chi connectivity index (χ2v) is 7.78.